The lowest BCUT2D eigenvalue weighted by Crippen LogP contribution is -2.42. The summed E-state index contributed by atoms with van der Waals surface area (Å²) < 4.78 is 6.26. The first kappa shape index (κ1) is 19.9. The second kappa shape index (κ2) is 8.82. The summed E-state index contributed by atoms with van der Waals surface area (Å²) in [5, 5.41) is 8.89. The topological polar surface area (TPSA) is 134 Å². The molecule has 1 heterocycles. The van der Waals surface area contributed by atoms with E-state index in [9.17, 15) is 14.4 Å². The number of carbonyl (C=O) groups excluding carboxylic acids is 1. The van der Waals surface area contributed by atoms with Gasteiger partial charge in [-0.2, -0.15) is 5.26 Å². The molecular weight excluding hydrogens is 350 g/mol. The van der Waals surface area contributed by atoms with Crippen molar-refractivity contribution in [2.75, 3.05) is 30.9 Å². The van der Waals surface area contributed by atoms with Crippen LogP contribution in [0.25, 0.3) is 0 Å². The van der Waals surface area contributed by atoms with Crippen LogP contribution < -0.4 is 21.9 Å². The molecule has 0 spiro atoms. The molecule has 1 amide bonds. The minimum absolute atomic E-state index is 0.0624. The molecule has 0 atom stereocenters. The van der Waals surface area contributed by atoms with E-state index in [2.05, 4.69) is 4.98 Å². The van der Waals surface area contributed by atoms with Gasteiger partial charge in [0.2, 0.25) is 0 Å². The molecular formula is C18H21N5O4. The summed E-state index contributed by atoms with van der Waals surface area (Å²) in [6, 6.07) is 7.98. The van der Waals surface area contributed by atoms with Gasteiger partial charge in [-0.3, -0.25) is 24.0 Å². The van der Waals surface area contributed by atoms with Gasteiger partial charge in [0.25, 0.3) is 11.5 Å². The number of benzene rings is 1. The highest BCUT2D eigenvalue weighted by molar-refractivity contribution is 6.07. The minimum Gasteiger partial charge on any atom is -0.383 e. The molecule has 2 aromatic rings. The third-order valence-corrected chi connectivity index (χ3v) is 3.96. The minimum atomic E-state index is -0.747. The molecule has 27 heavy (non-hydrogen) atoms. The number of nitrogens with two attached hydrogens (primary N) is 1. The van der Waals surface area contributed by atoms with Gasteiger partial charge in [-0.15, -0.1) is 0 Å². The second-order valence-corrected chi connectivity index (χ2v) is 5.78. The molecule has 0 aliphatic rings. The third kappa shape index (κ3) is 4.24. The van der Waals surface area contributed by atoms with Gasteiger partial charge < -0.3 is 10.5 Å². The van der Waals surface area contributed by atoms with Gasteiger partial charge in [-0.25, -0.2) is 4.79 Å². The first-order valence-corrected chi connectivity index (χ1v) is 8.38. The number of nitrogens with zero attached hydrogens (tertiary/aromatic N) is 3. The predicted octanol–water partition coefficient (Wildman–Crippen LogP) is 0.694. The van der Waals surface area contributed by atoms with Crippen LogP contribution in [0.2, 0.25) is 0 Å². The first-order valence-electron chi connectivity index (χ1n) is 8.38. The highest BCUT2D eigenvalue weighted by atomic mass is 16.5. The number of ether oxygens (including phenoxy) is 1. The van der Waals surface area contributed by atoms with Crippen LogP contribution in [0.15, 0.2) is 33.9 Å². The SMILES string of the molecule is CCCn1c(N)c(N(CCOC)C(=O)c2ccc(C#N)cc2)c(=O)[nH]c1=O. The van der Waals surface area contributed by atoms with Gasteiger partial charge in [0.05, 0.1) is 18.2 Å². The number of anilines is 2. The van der Waals surface area contributed by atoms with Gasteiger partial charge in [0.15, 0.2) is 5.69 Å². The van der Waals surface area contributed by atoms with Gasteiger partial charge in [0.1, 0.15) is 5.82 Å². The fourth-order valence-corrected chi connectivity index (χ4v) is 2.62. The van der Waals surface area contributed by atoms with Crippen LogP contribution in [0.5, 0.6) is 0 Å². The molecule has 2 rings (SSSR count). The molecule has 9 nitrogen and oxygen atoms in total. The van der Waals surface area contributed by atoms with Crippen LogP contribution in [-0.2, 0) is 11.3 Å². The molecule has 0 aliphatic heterocycles. The fourth-order valence-electron chi connectivity index (χ4n) is 2.62. The van der Waals surface area contributed by atoms with Crippen LogP contribution >= 0.6 is 0 Å². The number of H-pyrrole nitrogens is 1. The van der Waals surface area contributed by atoms with E-state index < -0.39 is 17.2 Å². The van der Waals surface area contributed by atoms with Crippen LogP contribution in [-0.4, -0.2) is 35.7 Å². The summed E-state index contributed by atoms with van der Waals surface area (Å²) in [4.78, 5) is 40.8. The number of nitriles is 1. The van der Waals surface area contributed by atoms with Crippen molar-refractivity contribution < 1.29 is 9.53 Å². The summed E-state index contributed by atoms with van der Waals surface area (Å²) >= 11 is 0. The third-order valence-electron chi connectivity index (χ3n) is 3.96. The number of hydrogen-bond acceptors (Lipinski definition) is 6. The first-order chi connectivity index (χ1) is 12.9. The Bertz CT molecular complexity index is 969. The van der Waals surface area contributed by atoms with Crippen LogP contribution in [0.1, 0.15) is 29.3 Å². The molecule has 0 bridgehead atoms. The van der Waals surface area contributed by atoms with Crippen molar-refractivity contribution in [1.29, 1.82) is 5.26 Å². The van der Waals surface area contributed by atoms with Crippen molar-refractivity contribution in [3.63, 3.8) is 0 Å². The quantitative estimate of drug-likeness (QED) is 0.735. The maximum absolute atomic E-state index is 13.0. The van der Waals surface area contributed by atoms with Crippen molar-refractivity contribution in [3.05, 3.63) is 56.2 Å². The number of aromatic nitrogens is 2. The zero-order valence-electron chi connectivity index (χ0n) is 15.2. The maximum atomic E-state index is 13.0. The smallest absolute Gasteiger partial charge is 0.330 e. The Morgan fingerprint density at radius 1 is 1.33 bits per heavy atom. The Kier molecular flexibility index (Phi) is 6.51. The monoisotopic (exact) mass is 371 g/mol. The van der Waals surface area contributed by atoms with E-state index in [1.807, 2.05) is 13.0 Å². The lowest BCUT2D eigenvalue weighted by molar-refractivity contribution is 0.0975. The van der Waals surface area contributed by atoms with Crippen LogP contribution in [0.3, 0.4) is 0 Å². The Labute approximate surface area is 155 Å². The van der Waals surface area contributed by atoms with E-state index in [0.29, 0.717) is 18.5 Å². The Morgan fingerprint density at radius 3 is 2.56 bits per heavy atom. The molecule has 0 unspecified atom stereocenters. The number of carbonyl (C=O) groups is 1. The lowest BCUT2D eigenvalue weighted by Gasteiger charge is -2.24. The van der Waals surface area contributed by atoms with Crippen molar-refractivity contribution in [1.82, 2.24) is 9.55 Å². The molecule has 9 heteroatoms. The fraction of sp³-hybridized carbons (Fsp3) is 0.333. The molecule has 142 valence electrons. The molecule has 0 fully saturated rings. The normalized spacial score (nSPS) is 10.4. The summed E-state index contributed by atoms with van der Waals surface area (Å²) in [5.41, 5.74) is 5.28. The summed E-state index contributed by atoms with van der Waals surface area (Å²) in [5.74, 6) is -0.570. The van der Waals surface area contributed by atoms with Gasteiger partial charge in [-0.1, -0.05) is 6.92 Å². The largest absolute Gasteiger partial charge is 0.383 e. The van der Waals surface area contributed by atoms with Gasteiger partial charge in [0, 0.05) is 25.8 Å². The number of aromatic amines is 1. The molecule has 0 aliphatic carbocycles. The predicted molar refractivity (Wildman–Crippen MR) is 101 cm³/mol. The van der Waals surface area contributed by atoms with E-state index in [0.717, 1.165) is 0 Å². The van der Waals surface area contributed by atoms with Crippen molar-refractivity contribution in [2.45, 2.75) is 19.9 Å². The second-order valence-electron chi connectivity index (χ2n) is 5.78. The van der Waals surface area contributed by atoms with E-state index >= 15 is 0 Å². The maximum Gasteiger partial charge on any atom is 0.330 e. The highest BCUT2D eigenvalue weighted by Crippen LogP contribution is 2.19. The van der Waals surface area contributed by atoms with E-state index in [4.69, 9.17) is 15.7 Å². The number of nitrogen functional groups attached to an aromatic ring is 1. The molecule has 1 aromatic carbocycles. The Morgan fingerprint density at radius 2 is 2.00 bits per heavy atom. The molecule has 0 radical (unpaired) electrons. The zero-order valence-corrected chi connectivity index (χ0v) is 15.2. The van der Waals surface area contributed by atoms with Gasteiger partial charge >= 0.3 is 5.69 Å². The van der Waals surface area contributed by atoms with E-state index in [-0.39, 0.29) is 30.2 Å². The van der Waals surface area contributed by atoms with Crippen LogP contribution in [0.4, 0.5) is 11.5 Å². The molecule has 0 saturated carbocycles. The molecule has 0 saturated heterocycles. The van der Waals surface area contributed by atoms with Crippen molar-refractivity contribution in [3.8, 4) is 6.07 Å². The standard InChI is InChI=1S/C18H21N5O4/c1-3-8-23-15(20)14(16(24)21-18(23)26)22(9-10-27-2)17(25)13-6-4-12(11-19)5-7-13/h4-7H,3,8-10,20H2,1-2H3,(H,21,24,26). The number of rotatable bonds is 7. The summed E-state index contributed by atoms with van der Waals surface area (Å²) in [6.45, 7) is 2.39. The molecule has 3 N–H and O–H groups in total. The number of methoxy groups -OCH3 is 1. The summed E-state index contributed by atoms with van der Waals surface area (Å²) in [6.07, 6.45) is 0.622. The number of hydrogen-bond donors (Lipinski definition) is 2. The Balaban J connectivity index is 2.57. The van der Waals surface area contributed by atoms with Crippen molar-refractivity contribution >= 4 is 17.4 Å². The van der Waals surface area contributed by atoms with Crippen LogP contribution in [0, 0.1) is 11.3 Å². The highest BCUT2D eigenvalue weighted by Gasteiger charge is 2.25. The van der Waals surface area contributed by atoms with Crippen molar-refractivity contribution in [2.24, 2.45) is 0 Å². The molecule has 1 aromatic heterocycles. The van der Waals surface area contributed by atoms with E-state index in [1.54, 1.807) is 0 Å². The lowest BCUT2D eigenvalue weighted by atomic mass is 10.1. The zero-order chi connectivity index (χ0) is 20.0. The number of nitrogens with one attached hydrogen (secondary N) is 1. The average Bonchev–Trinajstić information content (AvgIpc) is 2.67. The average molecular weight is 371 g/mol. The van der Waals surface area contributed by atoms with E-state index in [1.165, 1.54) is 40.8 Å². The number of amides is 1. The Hall–Kier alpha value is -3.38. The summed E-state index contributed by atoms with van der Waals surface area (Å²) in [7, 11) is 1.47. The van der Waals surface area contributed by atoms with Gasteiger partial charge in [-0.05, 0) is 30.7 Å².